The predicted molar refractivity (Wildman–Crippen MR) is 78.1 cm³/mol. The Morgan fingerprint density at radius 3 is 2.81 bits per heavy atom. The van der Waals surface area contributed by atoms with Crippen molar-refractivity contribution in [3.8, 4) is 17.4 Å². The Hall–Kier alpha value is -2.83. The Balaban J connectivity index is 2.33. The molecule has 1 aromatic heterocycles. The Morgan fingerprint density at radius 2 is 2.14 bits per heavy atom. The molecule has 0 radical (unpaired) electrons. The molecule has 7 nitrogen and oxygen atoms in total. The minimum absolute atomic E-state index is 0.0838. The number of anilines is 1. The lowest BCUT2D eigenvalue weighted by Gasteiger charge is -2.09. The molecular formula is C14H15N3O4. The molecular weight excluding hydrogens is 274 g/mol. The van der Waals surface area contributed by atoms with E-state index in [4.69, 9.17) is 9.47 Å². The zero-order valence-electron chi connectivity index (χ0n) is 11.7. The first kappa shape index (κ1) is 14.6. The summed E-state index contributed by atoms with van der Waals surface area (Å²) in [5.74, 6) is 1.46. The molecule has 1 aromatic carbocycles. The Labute approximate surface area is 121 Å². The van der Waals surface area contributed by atoms with E-state index in [0.717, 1.165) is 6.54 Å². The van der Waals surface area contributed by atoms with Crippen molar-refractivity contribution in [1.82, 2.24) is 4.98 Å². The first-order chi connectivity index (χ1) is 10.1. The highest BCUT2D eigenvalue weighted by atomic mass is 16.6. The van der Waals surface area contributed by atoms with Gasteiger partial charge in [0.1, 0.15) is 11.6 Å². The van der Waals surface area contributed by atoms with Crippen LogP contribution >= 0.6 is 0 Å². The molecule has 0 saturated carbocycles. The number of rotatable bonds is 6. The fourth-order valence-corrected chi connectivity index (χ4v) is 1.72. The van der Waals surface area contributed by atoms with Gasteiger partial charge in [0.15, 0.2) is 0 Å². The largest absolute Gasteiger partial charge is 0.497 e. The molecule has 1 heterocycles. The van der Waals surface area contributed by atoms with Gasteiger partial charge in [0.25, 0.3) is 0 Å². The molecule has 0 atom stereocenters. The minimum atomic E-state index is -0.511. The predicted octanol–water partition coefficient (Wildman–Crippen LogP) is 3.22. The van der Waals surface area contributed by atoms with E-state index in [2.05, 4.69) is 10.3 Å². The van der Waals surface area contributed by atoms with Gasteiger partial charge < -0.3 is 14.8 Å². The number of nitrogens with one attached hydrogen (secondary N) is 1. The third-order valence-electron chi connectivity index (χ3n) is 2.66. The van der Waals surface area contributed by atoms with Gasteiger partial charge in [0.05, 0.1) is 12.0 Å². The molecule has 0 spiro atoms. The summed E-state index contributed by atoms with van der Waals surface area (Å²) in [4.78, 5) is 14.7. The lowest BCUT2D eigenvalue weighted by molar-refractivity contribution is -0.385. The summed E-state index contributed by atoms with van der Waals surface area (Å²) in [7, 11) is 1.48. The molecule has 7 heteroatoms. The number of aromatic nitrogens is 1. The summed E-state index contributed by atoms with van der Waals surface area (Å²) in [6.45, 7) is 2.66. The van der Waals surface area contributed by atoms with Crippen LogP contribution in [0, 0.1) is 10.1 Å². The van der Waals surface area contributed by atoms with Gasteiger partial charge in [-0.15, -0.1) is 0 Å². The van der Waals surface area contributed by atoms with Crippen molar-refractivity contribution >= 4 is 11.5 Å². The molecule has 2 aromatic rings. The monoisotopic (exact) mass is 289 g/mol. The fourth-order valence-electron chi connectivity index (χ4n) is 1.72. The maximum Gasteiger partial charge on any atom is 0.311 e. The number of benzene rings is 1. The van der Waals surface area contributed by atoms with Crippen LogP contribution in [0.15, 0.2) is 36.4 Å². The molecule has 0 aliphatic rings. The van der Waals surface area contributed by atoms with E-state index >= 15 is 0 Å². The van der Waals surface area contributed by atoms with Crippen molar-refractivity contribution in [3.63, 3.8) is 0 Å². The fraction of sp³-hybridized carbons (Fsp3) is 0.214. The first-order valence-corrected chi connectivity index (χ1v) is 6.35. The molecule has 2 rings (SSSR count). The summed E-state index contributed by atoms with van der Waals surface area (Å²) >= 11 is 0. The van der Waals surface area contributed by atoms with E-state index < -0.39 is 4.92 Å². The van der Waals surface area contributed by atoms with Crippen LogP contribution in [0.3, 0.4) is 0 Å². The number of nitro benzene ring substituents is 1. The highest BCUT2D eigenvalue weighted by Crippen LogP contribution is 2.34. The Kier molecular flexibility index (Phi) is 4.55. The number of nitrogens with zero attached hydrogens (tertiary/aromatic N) is 2. The molecule has 0 fully saturated rings. The van der Waals surface area contributed by atoms with Crippen molar-refractivity contribution in [1.29, 1.82) is 0 Å². The van der Waals surface area contributed by atoms with E-state index in [1.165, 1.54) is 25.3 Å². The second-order valence-corrected chi connectivity index (χ2v) is 4.08. The molecule has 110 valence electrons. The Bertz CT molecular complexity index is 646. The minimum Gasteiger partial charge on any atom is -0.497 e. The van der Waals surface area contributed by atoms with Gasteiger partial charge in [0.2, 0.25) is 11.6 Å². The van der Waals surface area contributed by atoms with Crippen molar-refractivity contribution in [2.45, 2.75) is 6.92 Å². The lowest BCUT2D eigenvalue weighted by Crippen LogP contribution is -2.00. The van der Waals surface area contributed by atoms with Crippen LogP contribution in [0.4, 0.5) is 11.5 Å². The van der Waals surface area contributed by atoms with Gasteiger partial charge >= 0.3 is 5.69 Å². The summed E-state index contributed by atoms with van der Waals surface area (Å²) in [5.41, 5.74) is -0.147. The topological polar surface area (TPSA) is 86.5 Å². The molecule has 1 N–H and O–H groups in total. The van der Waals surface area contributed by atoms with Gasteiger partial charge in [-0.3, -0.25) is 10.1 Å². The maximum atomic E-state index is 11.0. The van der Waals surface area contributed by atoms with Crippen LogP contribution in [-0.4, -0.2) is 23.6 Å². The van der Waals surface area contributed by atoms with Gasteiger partial charge in [-0.25, -0.2) is 0 Å². The number of pyridine rings is 1. The zero-order chi connectivity index (χ0) is 15.2. The van der Waals surface area contributed by atoms with Crippen molar-refractivity contribution in [3.05, 3.63) is 46.5 Å². The van der Waals surface area contributed by atoms with Crippen LogP contribution < -0.4 is 14.8 Å². The number of nitro groups is 1. The number of hydrogen-bond donors (Lipinski definition) is 1. The smallest absolute Gasteiger partial charge is 0.311 e. The number of ether oxygens (including phenoxy) is 2. The molecule has 0 unspecified atom stereocenters. The summed E-state index contributed by atoms with van der Waals surface area (Å²) in [6.07, 6.45) is 0. The quantitative estimate of drug-likeness (QED) is 0.649. The van der Waals surface area contributed by atoms with Crippen LogP contribution in [0.5, 0.6) is 17.4 Å². The van der Waals surface area contributed by atoms with Gasteiger partial charge in [-0.05, 0) is 19.1 Å². The highest BCUT2D eigenvalue weighted by molar-refractivity contribution is 5.52. The van der Waals surface area contributed by atoms with E-state index in [-0.39, 0.29) is 17.3 Å². The lowest BCUT2D eigenvalue weighted by atomic mass is 10.3. The first-order valence-electron chi connectivity index (χ1n) is 6.35. The summed E-state index contributed by atoms with van der Waals surface area (Å²) < 4.78 is 10.6. The third kappa shape index (κ3) is 3.59. The maximum absolute atomic E-state index is 11.0. The average Bonchev–Trinajstić information content (AvgIpc) is 2.47. The molecule has 0 amide bonds. The van der Waals surface area contributed by atoms with Crippen LogP contribution in [0.2, 0.25) is 0 Å². The molecule has 0 bridgehead atoms. The van der Waals surface area contributed by atoms with E-state index in [9.17, 15) is 10.1 Å². The molecule has 0 saturated heterocycles. The highest BCUT2D eigenvalue weighted by Gasteiger charge is 2.17. The van der Waals surface area contributed by atoms with E-state index in [0.29, 0.717) is 11.6 Å². The number of hydrogen-bond acceptors (Lipinski definition) is 6. The standard InChI is InChI=1S/C14H15N3O4/c1-3-15-13-5-4-6-14(16-13)21-12-9-10(20-2)7-8-11(12)17(18)19/h4-9H,3H2,1-2H3,(H,15,16). The zero-order valence-corrected chi connectivity index (χ0v) is 11.7. The normalized spacial score (nSPS) is 10.0. The van der Waals surface area contributed by atoms with Crippen molar-refractivity contribution < 1.29 is 14.4 Å². The average molecular weight is 289 g/mol. The molecule has 0 aliphatic carbocycles. The summed E-state index contributed by atoms with van der Waals surface area (Å²) in [6, 6.07) is 9.47. The summed E-state index contributed by atoms with van der Waals surface area (Å²) in [5, 5.41) is 14.1. The molecule has 21 heavy (non-hydrogen) atoms. The van der Waals surface area contributed by atoms with Crippen LogP contribution in [-0.2, 0) is 0 Å². The number of methoxy groups -OCH3 is 1. The van der Waals surface area contributed by atoms with Gasteiger partial charge in [-0.1, -0.05) is 6.07 Å². The third-order valence-corrected chi connectivity index (χ3v) is 2.66. The second kappa shape index (κ2) is 6.56. The van der Waals surface area contributed by atoms with Crippen molar-refractivity contribution in [2.75, 3.05) is 19.0 Å². The van der Waals surface area contributed by atoms with E-state index in [1.54, 1.807) is 18.2 Å². The van der Waals surface area contributed by atoms with Crippen molar-refractivity contribution in [2.24, 2.45) is 0 Å². The van der Waals surface area contributed by atoms with Crippen LogP contribution in [0.25, 0.3) is 0 Å². The van der Waals surface area contributed by atoms with Crippen LogP contribution in [0.1, 0.15) is 6.92 Å². The van der Waals surface area contributed by atoms with Gasteiger partial charge in [-0.2, -0.15) is 4.98 Å². The second-order valence-electron chi connectivity index (χ2n) is 4.08. The van der Waals surface area contributed by atoms with Gasteiger partial charge in [0, 0.05) is 24.7 Å². The molecule has 0 aliphatic heterocycles. The Morgan fingerprint density at radius 1 is 1.33 bits per heavy atom. The SMILES string of the molecule is CCNc1cccc(Oc2cc(OC)ccc2[N+](=O)[O-])n1. The van der Waals surface area contributed by atoms with E-state index in [1.807, 2.05) is 6.92 Å².